The zero-order valence-corrected chi connectivity index (χ0v) is 11.0. The summed E-state index contributed by atoms with van der Waals surface area (Å²) in [5.74, 6) is -0.564. The summed E-state index contributed by atoms with van der Waals surface area (Å²) in [6.07, 6.45) is -0.728. The Morgan fingerprint density at radius 2 is 2.35 bits per heavy atom. The third kappa shape index (κ3) is 2.71. The van der Waals surface area contributed by atoms with E-state index >= 15 is 0 Å². The van der Waals surface area contributed by atoms with Crippen LogP contribution in [-0.4, -0.2) is 41.5 Å². The van der Waals surface area contributed by atoms with Crippen LogP contribution in [0.25, 0.3) is 0 Å². The number of halogens is 1. The third-order valence-electron chi connectivity index (χ3n) is 2.90. The summed E-state index contributed by atoms with van der Waals surface area (Å²) in [6, 6.07) is 5.96. The number of ether oxygens (including phenoxy) is 1. The molecule has 0 spiro atoms. The van der Waals surface area contributed by atoms with Gasteiger partial charge in [-0.2, -0.15) is 5.26 Å². The maximum Gasteiger partial charge on any atom is 0.283 e. The maximum atomic E-state index is 12.4. The lowest BCUT2D eigenvalue weighted by Gasteiger charge is -2.29. The zero-order chi connectivity index (χ0) is 14.7. The fourth-order valence-electron chi connectivity index (χ4n) is 1.95. The summed E-state index contributed by atoms with van der Waals surface area (Å²) in [6.45, 7) is 0.541. The van der Waals surface area contributed by atoms with Gasteiger partial charge < -0.3 is 9.64 Å². The van der Waals surface area contributed by atoms with Gasteiger partial charge in [0.2, 0.25) is 0 Å². The van der Waals surface area contributed by atoms with Crippen LogP contribution in [-0.2, 0) is 4.74 Å². The molecule has 1 heterocycles. The minimum atomic E-state index is -0.728. The lowest BCUT2D eigenvalue weighted by atomic mass is 10.1. The van der Waals surface area contributed by atoms with Crippen LogP contribution in [0.2, 0.25) is 5.02 Å². The van der Waals surface area contributed by atoms with Crippen molar-refractivity contribution in [1.82, 2.24) is 4.90 Å². The molecule has 1 aliphatic heterocycles. The molecule has 7 nitrogen and oxygen atoms in total. The molecule has 0 bridgehead atoms. The van der Waals surface area contributed by atoms with E-state index in [1.165, 1.54) is 23.1 Å². The van der Waals surface area contributed by atoms with Gasteiger partial charge in [0.15, 0.2) is 6.10 Å². The maximum absolute atomic E-state index is 12.4. The second-order valence-corrected chi connectivity index (χ2v) is 4.54. The van der Waals surface area contributed by atoms with Gasteiger partial charge in [-0.25, -0.2) is 0 Å². The number of benzene rings is 1. The van der Waals surface area contributed by atoms with E-state index in [0.29, 0.717) is 0 Å². The van der Waals surface area contributed by atoms with Crippen LogP contribution in [0.4, 0.5) is 5.69 Å². The number of nitro benzene ring substituents is 1. The monoisotopic (exact) mass is 295 g/mol. The Labute approximate surface area is 119 Å². The third-order valence-corrected chi connectivity index (χ3v) is 3.21. The molecule has 1 atom stereocenters. The SMILES string of the molecule is N#CC1CN(C(=O)c2c(Cl)cccc2[N+](=O)[O-])CCO1. The van der Waals surface area contributed by atoms with Crippen LogP contribution in [0.15, 0.2) is 18.2 Å². The fraction of sp³-hybridized carbons (Fsp3) is 0.333. The summed E-state index contributed by atoms with van der Waals surface area (Å²) in [5.41, 5.74) is -0.500. The average molecular weight is 296 g/mol. The number of nitrogens with zero attached hydrogens (tertiary/aromatic N) is 3. The second-order valence-electron chi connectivity index (χ2n) is 4.13. The number of nitriles is 1. The van der Waals surface area contributed by atoms with Crippen LogP contribution in [0.5, 0.6) is 0 Å². The van der Waals surface area contributed by atoms with Gasteiger partial charge in [-0.3, -0.25) is 14.9 Å². The highest BCUT2D eigenvalue weighted by Crippen LogP contribution is 2.28. The van der Waals surface area contributed by atoms with E-state index in [-0.39, 0.29) is 36.0 Å². The minimum absolute atomic E-state index is 0.0178. The van der Waals surface area contributed by atoms with Crippen LogP contribution < -0.4 is 0 Å². The highest BCUT2D eigenvalue weighted by molar-refractivity contribution is 6.34. The highest BCUT2D eigenvalue weighted by Gasteiger charge is 2.31. The van der Waals surface area contributed by atoms with Gasteiger partial charge in [0.1, 0.15) is 5.56 Å². The number of rotatable bonds is 2. The molecule has 1 aromatic rings. The Balaban J connectivity index is 2.34. The summed E-state index contributed by atoms with van der Waals surface area (Å²) in [5, 5.41) is 19.8. The van der Waals surface area contributed by atoms with Crippen molar-refractivity contribution in [3.8, 4) is 6.07 Å². The van der Waals surface area contributed by atoms with Crippen molar-refractivity contribution in [1.29, 1.82) is 5.26 Å². The van der Waals surface area contributed by atoms with Crippen molar-refractivity contribution < 1.29 is 14.5 Å². The van der Waals surface area contributed by atoms with E-state index in [9.17, 15) is 14.9 Å². The van der Waals surface area contributed by atoms with E-state index in [4.69, 9.17) is 21.6 Å². The summed E-state index contributed by atoms with van der Waals surface area (Å²) < 4.78 is 5.13. The van der Waals surface area contributed by atoms with Crippen LogP contribution >= 0.6 is 11.6 Å². The molecule has 104 valence electrons. The van der Waals surface area contributed by atoms with E-state index in [1.54, 1.807) is 0 Å². The first-order chi connectivity index (χ1) is 9.54. The molecule has 1 unspecified atom stereocenters. The number of hydrogen-bond donors (Lipinski definition) is 0. The molecule has 0 saturated carbocycles. The Morgan fingerprint density at radius 3 is 3.00 bits per heavy atom. The van der Waals surface area contributed by atoms with Gasteiger partial charge in [-0.05, 0) is 6.07 Å². The first-order valence-corrected chi connectivity index (χ1v) is 6.15. The molecule has 1 aromatic carbocycles. The Hall–Kier alpha value is -2.17. The van der Waals surface area contributed by atoms with Crippen LogP contribution in [0.3, 0.4) is 0 Å². The Morgan fingerprint density at radius 1 is 1.60 bits per heavy atom. The van der Waals surface area contributed by atoms with Gasteiger partial charge in [0, 0.05) is 12.6 Å². The molecule has 1 aliphatic rings. The largest absolute Gasteiger partial charge is 0.360 e. The van der Waals surface area contributed by atoms with Gasteiger partial charge in [-0.1, -0.05) is 17.7 Å². The molecule has 0 aliphatic carbocycles. The standard InChI is InChI=1S/C12H10ClN3O4/c13-9-2-1-3-10(16(18)19)11(9)12(17)15-4-5-20-8(6-14)7-15/h1-3,8H,4-5,7H2. The second kappa shape index (κ2) is 5.86. The number of morpholine rings is 1. The fourth-order valence-corrected chi connectivity index (χ4v) is 2.20. The number of nitro groups is 1. The molecule has 2 rings (SSSR count). The van der Waals surface area contributed by atoms with Crippen molar-refractivity contribution in [3.63, 3.8) is 0 Å². The van der Waals surface area contributed by atoms with Crippen molar-refractivity contribution in [2.24, 2.45) is 0 Å². The zero-order valence-electron chi connectivity index (χ0n) is 10.3. The smallest absolute Gasteiger partial charge is 0.283 e. The number of carbonyl (C=O) groups is 1. The summed E-state index contributed by atoms with van der Waals surface area (Å²) in [7, 11) is 0. The molecule has 1 saturated heterocycles. The van der Waals surface area contributed by atoms with Crippen LogP contribution in [0, 0.1) is 21.4 Å². The first-order valence-electron chi connectivity index (χ1n) is 5.78. The molecular weight excluding hydrogens is 286 g/mol. The van der Waals surface area contributed by atoms with Gasteiger partial charge in [0.25, 0.3) is 11.6 Å². The highest BCUT2D eigenvalue weighted by atomic mass is 35.5. The van der Waals surface area contributed by atoms with Crippen molar-refractivity contribution in [3.05, 3.63) is 38.9 Å². The van der Waals surface area contributed by atoms with E-state index < -0.39 is 16.9 Å². The van der Waals surface area contributed by atoms with Crippen LogP contribution in [0.1, 0.15) is 10.4 Å². The topological polar surface area (TPSA) is 96.5 Å². The molecule has 1 fully saturated rings. The molecule has 0 aromatic heterocycles. The summed E-state index contributed by atoms with van der Waals surface area (Å²) in [4.78, 5) is 24.0. The normalized spacial score (nSPS) is 18.4. The molecule has 0 radical (unpaired) electrons. The Bertz CT molecular complexity index is 599. The molecule has 1 amide bonds. The first kappa shape index (κ1) is 14.2. The molecule has 0 N–H and O–H groups in total. The van der Waals surface area contributed by atoms with Crippen molar-refractivity contribution >= 4 is 23.2 Å². The lowest BCUT2D eigenvalue weighted by molar-refractivity contribution is -0.385. The minimum Gasteiger partial charge on any atom is -0.360 e. The molecule has 20 heavy (non-hydrogen) atoms. The predicted octanol–water partition coefficient (Wildman–Crippen LogP) is 1.61. The number of amides is 1. The quantitative estimate of drug-likeness (QED) is 0.610. The summed E-state index contributed by atoms with van der Waals surface area (Å²) >= 11 is 5.91. The van der Waals surface area contributed by atoms with Gasteiger partial charge >= 0.3 is 0 Å². The lowest BCUT2D eigenvalue weighted by Crippen LogP contribution is -2.45. The van der Waals surface area contributed by atoms with E-state index in [2.05, 4.69) is 0 Å². The van der Waals surface area contributed by atoms with E-state index in [1.807, 2.05) is 6.07 Å². The molecule has 8 heteroatoms. The van der Waals surface area contributed by atoms with E-state index in [0.717, 1.165) is 0 Å². The average Bonchev–Trinajstić information content (AvgIpc) is 2.46. The van der Waals surface area contributed by atoms with Crippen molar-refractivity contribution in [2.45, 2.75) is 6.10 Å². The molecular formula is C12H10ClN3O4. The number of carbonyl (C=O) groups excluding carboxylic acids is 1. The van der Waals surface area contributed by atoms with Gasteiger partial charge in [-0.15, -0.1) is 0 Å². The van der Waals surface area contributed by atoms with Crippen molar-refractivity contribution in [2.75, 3.05) is 19.7 Å². The number of hydrogen-bond acceptors (Lipinski definition) is 5. The van der Waals surface area contributed by atoms with Gasteiger partial charge in [0.05, 0.1) is 29.2 Å². The predicted molar refractivity (Wildman–Crippen MR) is 69.4 cm³/mol. The Kier molecular flexibility index (Phi) is 4.17.